The van der Waals surface area contributed by atoms with E-state index >= 15 is 0 Å². The Labute approximate surface area is 135 Å². The van der Waals surface area contributed by atoms with Crippen LogP contribution >= 0.6 is 15.9 Å². The van der Waals surface area contributed by atoms with Gasteiger partial charge in [0, 0.05) is 23.0 Å². The highest BCUT2D eigenvalue weighted by Gasteiger charge is 2.46. The van der Waals surface area contributed by atoms with E-state index < -0.39 is 5.41 Å². The lowest BCUT2D eigenvalue weighted by atomic mass is 9.81. The van der Waals surface area contributed by atoms with Gasteiger partial charge in [0.2, 0.25) is 5.91 Å². The lowest BCUT2D eigenvalue weighted by Crippen LogP contribution is -2.47. The zero-order chi connectivity index (χ0) is 15.5. The van der Waals surface area contributed by atoms with E-state index in [4.69, 9.17) is 5.73 Å². The van der Waals surface area contributed by atoms with E-state index in [1.54, 1.807) is 0 Å². The van der Waals surface area contributed by atoms with Gasteiger partial charge in [0.1, 0.15) is 0 Å². The summed E-state index contributed by atoms with van der Waals surface area (Å²) in [5.74, 6) is 0.105. The molecular weight excluding hydrogens is 328 g/mol. The van der Waals surface area contributed by atoms with E-state index in [1.807, 2.05) is 19.9 Å². The van der Waals surface area contributed by atoms with Gasteiger partial charge in [-0.1, -0.05) is 48.0 Å². The second-order valence-electron chi connectivity index (χ2n) is 6.13. The summed E-state index contributed by atoms with van der Waals surface area (Å²) >= 11 is 3.63. The van der Waals surface area contributed by atoms with Gasteiger partial charge in [-0.2, -0.15) is 0 Å². The molecule has 0 bridgehead atoms. The van der Waals surface area contributed by atoms with Crippen molar-refractivity contribution in [1.82, 2.24) is 5.32 Å². The number of amides is 1. The molecule has 0 aromatic heterocycles. The van der Waals surface area contributed by atoms with Gasteiger partial charge in [0.05, 0.1) is 5.41 Å². The number of hydrogen-bond donors (Lipinski definition) is 2. The van der Waals surface area contributed by atoms with Crippen LogP contribution in [0.25, 0.3) is 0 Å². The first-order valence-electron chi connectivity index (χ1n) is 7.77. The molecule has 1 fully saturated rings. The maximum atomic E-state index is 12.5. The molecule has 1 saturated carbocycles. The third kappa shape index (κ3) is 3.16. The monoisotopic (exact) mass is 352 g/mol. The first-order chi connectivity index (χ1) is 10.0. The van der Waals surface area contributed by atoms with Crippen LogP contribution in [-0.2, 0) is 10.2 Å². The van der Waals surface area contributed by atoms with Gasteiger partial charge in [-0.3, -0.25) is 4.79 Å². The van der Waals surface area contributed by atoms with Crippen LogP contribution in [0.4, 0.5) is 0 Å². The summed E-state index contributed by atoms with van der Waals surface area (Å²) in [6.07, 6.45) is 3.83. The van der Waals surface area contributed by atoms with E-state index in [-0.39, 0.29) is 11.3 Å². The highest BCUT2D eigenvalue weighted by atomic mass is 79.9. The van der Waals surface area contributed by atoms with Crippen LogP contribution < -0.4 is 11.1 Å². The summed E-state index contributed by atoms with van der Waals surface area (Å²) in [6.45, 7) is 5.19. The highest BCUT2D eigenvalue weighted by Crippen LogP contribution is 2.50. The fourth-order valence-electron chi connectivity index (χ4n) is 2.97. The lowest BCUT2D eigenvalue weighted by Gasteiger charge is -2.30. The Bertz CT molecular complexity index is 499. The van der Waals surface area contributed by atoms with Gasteiger partial charge in [-0.25, -0.2) is 0 Å². The van der Waals surface area contributed by atoms with Crippen LogP contribution in [0.2, 0.25) is 0 Å². The number of nitrogens with two attached hydrogens (primary N) is 1. The SMILES string of the molecule is CCC(CC)(CN)C(=O)NCC1(c2ccccc2Br)CC1. The minimum atomic E-state index is -0.413. The van der Waals surface area contributed by atoms with Crippen LogP contribution in [0, 0.1) is 5.41 Å². The fraction of sp³-hybridized carbons (Fsp3) is 0.588. The average molecular weight is 353 g/mol. The van der Waals surface area contributed by atoms with Crippen molar-refractivity contribution in [2.45, 2.75) is 44.9 Å². The van der Waals surface area contributed by atoms with E-state index in [0.29, 0.717) is 13.1 Å². The summed E-state index contributed by atoms with van der Waals surface area (Å²) in [6, 6.07) is 8.30. The molecule has 0 saturated heterocycles. The maximum Gasteiger partial charge on any atom is 0.227 e. The van der Waals surface area contributed by atoms with Crippen molar-refractivity contribution in [1.29, 1.82) is 0 Å². The zero-order valence-electron chi connectivity index (χ0n) is 12.9. The first-order valence-corrected chi connectivity index (χ1v) is 8.56. The second-order valence-corrected chi connectivity index (χ2v) is 6.99. The topological polar surface area (TPSA) is 55.1 Å². The summed E-state index contributed by atoms with van der Waals surface area (Å²) in [7, 11) is 0. The highest BCUT2D eigenvalue weighted by molar-refractivity contribution is 9.10. The maximum absolute atomic E-state index is 12.5. The number of halogens is 1. The van der Waals surface area contributed by atoms with Crippen LogP contribution in [0.5, 0.6) is 0 Å². The van der Waals surface area contributed by atoms with Crippen LogP contribution in [0.1, 0.15) is 45.1 Å². The summed E-state index contributed by atoms with van der Waals surface area (Å²) in [4.78, 5) is 12.5. The quantitative estimate of drug-likeness (QED) is 0.790. The van der Waals surface area contributed by atoms with E-state index in [0.717, 1.165) is 30.2 Å². The van der Waals surface area contributed by atoms with Gasteiger partial charge in [-0.05, 0) is 37.3 Å². The molecule has 0 radical (unpaired) electrons. The van der Waals surface area contributed by atoms with Crippen molar-refractivity contribution in [3.05, 3.63) is 34.3 Å². The normalized spacial score (nSPS) is 16.6. The minimum absolute atomic E-state index is 0.105. The van der Waals surface area contributed by atoms with Crippen molar-refractivity contribution in [2.24, 2.45) is 11.1 Å². The molecule has 1 aliphatic carbocycles. The molecule has 1 aliphatic rings. The molecule has 0 unspecified atom stereocenters. The number of benzene rings is 1. The summed E-state index contributed by atoms with van der Waals surface area (Å²) in [5, 5.41) is 3.17. The molecule has 0 atom stereocenters. The van der Waals surface area contributed by atoms with Gasteiger partial charge in [-0.15, -0.1) is 0 Å². The molecule has 1 aromatic carbocycles. The van der Waals surface area contributed by atoms with Gasteiger partial charge in [0.15, 0.2) is 0 Å². The number of carbonyl (C=O) groups excluding carboxylic acids is 1. The van der Waals surface area contributed by atoms with Crippen molar-refractivity contribution < 1.29 is 4.79 Å². The van der Waals surface area contributed by atoms with Crippen molar-refractivity contribution >= 4 is 21.8 Å². The van der Waals surface area contributed by atoms with Crippen LogP contribution in [-0.4, -0.2) is 19.0 Å². The standard InChI is InChI=1S/C17H25BrN2O/c1-3-16(4-2,11-19)15(21)20-12-17(9-10-17)13-7-5-6-8-14(13)18/h5-8H,3-4,9-12,19H2,1-2H3,(H,20,21). The van der Waals surface area contributed by atoms with E-state index in [2.05, 4.69) is 39.4 Å². The smallest absolute Gasteiger partial charge is 0.227 e. The first kappa shape index (κ1) is 16.5. The predicted molar refractivity (Wildman–Crippen MR) is 90.1 cm³/mol. The Kier molecular flexibility index (Phi) is 5.10. The van der Waals surface area contributed by atoms with Crippen molar-refractivity contribution in [3.63, 3.8) is 0 Å². The molecule has 0 aliphatic heterocycles. The molecule has 1 amide bonds. The fourth-order valence-corrected chi connectivity index (χ4v) is 3.68. The molecule has 3 nitrogen and oxygen atoms in total. The number of rotatable bonds is 7. The van der Waals surface area contributed by atoms with E-state index in [1.165, 1.54) is 5.56 Å². The molecule has 4 heteroatoms. The Hall–Kier alpha value is -0.870. The zero-order valence-corrected chi connectivity index (χ0v) is 14.5. The number of hydrogen-bond acceptors (Lipinski definition) is 2. The molecule has 3 N–H and O–H groups in total. The van der Waals surface area contributed by atoms with Crippen LogP contribution in [0.3, 0.4) is 0 Å². The summed E-state index contributed by atoms with van der Waals surface area (Å²) < 4.78 is 1.13. The molecular formula is C17H25BrN2O. The largest absolute Gasteiger partial charge is 0.355 e. The Balaban J connectivity index is 2.06. The molecule has 21 heavy (non-hydrogen) atoms. The van der Waals surface area contributed by atoms with Gasteiger partial charge in [0.25, 0.3) is 0 Å². The Morgan fingerprint density at radius 2 is 1.95 bits per heavy atom. The van der Waals surface area contributed by atoms with Crippen LogP contribution in [0.15, 0.2) is 28.7 Å². The van der Waals surface area contributed by atoms with E-state index in [9.17, 15) is 4.79 Å². The third-order valence-corrected chi connectivity index (χ3v) is 5.80. The summed E-state index contributed by atoms with van der Waals surface area (Å²) in [5.41, 5.74) is 6.85. The minimum Gasteiger partial charge on any atom is -0.355 e. The lowest BCUT2D eigenvalue weighted by molar-refractivity contribution is -0.131. The third-order valence-electron chi connectivity index (χ3n) is 5.11. The molecule has 2 rings (SSSR count). The molecule has 0 heterocycles. The number of carbonyl (C=O) groups is 1. The average Bonchev–Trinajstić information content (AvgIpc) is 3.29. The second kappa shape index (κ2) is 6.49. The van der Waals surface area contributed by atoms with Gasteiger partial charge < -0.3 is 11.1 Å². The van der Waals surface area contributed by atoms with Crippen molar-refractivity contribution in [3.8, 4) is 0 Å². The molecule has 1 aromatic rings. The van der Waals surface area contributed by atoms with Gasteiger partial charge >= 0.3 is 0 Å². The Morgan fingerprint density at radius 1 is 1.33 bits per heavy atom. The predicted octanol–water partition coefficient (Wildman–Crippen LogP) is 3.36. The number of nitrogens with one attached hydrogen (secondary N) is 1. The van der Waals surface area contributed by atoms with Crippen molar-refractivity contribution in [2.75, 3.05) is 13.1 Å². The molecule has 116 valence electrons. The molecule has 0 spiro atoms. The Morgan fingerprint density at radius 3 is 2.43 bits per heavy atom.